The first kappa shape index (κ1) is 19.5. The highest BCUT2D eigenvalue weighted by Crippen LogP contribution is 2.28. The molecule has 1 unspecified atom stereocenters. The van der Waals surface area contributed by atoms with E-state index in [1.165, 1.54) is 23.1 Å². The number of ether oxygens (including phenoxy) is 2. The zero-order chi connectivity index (χ0) is 18.2. The van der Waals surface area contributed by atoms with Crippen molar-refractivity contribution in [2.24, 2.45) is 0 Å². The number of rotatable bonds is 9. The van der Waals surface area contributed by atoms with Gasteiger partial charge in [0.25, 0.3) is 0 Å². The van der Waals surface area contributed by atoms with E-state index in [1.807, 2.05) is 0 Å². The molecular formula is C14H21N5O4S2. The fraction of sp³-hybridized carbons (Fsp3) is 0.571. The highest BCUT2D eigenvalue weighted by molar-refractivity contribution is 8.01. The van der Waals surface area contributed by atoms with Crippen LogP contribution in [0.5, 0.6) is 0 Å². The van der Waals surface area contributed by atoms with Gasteiger partial charge in [0.15, 0.2) is 4.34 Å². The molecular weight excluding hydrogens is 366 g/mol. The summed E-state index contributed by atoms with van der Waals surface area (Å²) in [5.74, 6) is -0.0456. The lowest BCUT2D eigenvalue weighted by Crippen LogP contribution is -2.49. The minimum Gasteiger partial charge on any atom is -0.463 e. The molecule has 138 valence electrons. The number of hydrogen-bond donors (Lipinski definition) is 3. The van der Waals surface area contributed by atoms with Gasteiger partial charge >= 0.3 is 12.0 Å². The zero-order valence-corrected chi connectivity index (χ0v) is 15.9. The number of thioether (sulfide) groups is 1. The Morgan fingerprint density at radius 2 is 2.24 bits per heavy atom. The van der Waals surface area contributed by atoms with Gasteiger partial charge in [-0.3, -0.25) is 0 Å². The molecule has 11 heteroatoms. The van der Waals surface area contributed by atoms with Crippen LogP contribution in [-0.4, -0.2) is 60.9 Å². The second-order valence-corrected chi connectivity index (χ2v) is 7.21. The predicted octanol–water partition coefficient (Wildman–Crippen LogP) is 1.21. The van der Waals surface area contributed by atoms with Gasteiger partial charge in [-0.25, -0.2) is 9.59 Å². The molecule has 0 aromatic carbocycles. The molecule has 2 rings (SSSR count). The molecule has 1 aromatic rings. The lowest BCUT2D eigenvalue weighted by atomic mass is 10.1. The van der Waals surface area contributed by atoms with Gasteiger partial charge in [0.1, 0.15) is 0 Å². The Morgan fingerprint density at radius 1 is 1.44 bits per heavy atom. The molecule has 0 bridgehead atoms. The highest BCUT2D eigenvalue weighted by Gasteiger charge is 2.29. The van der Waals surface area contributed by atoms with E-state index in [4.69, 9.17) is 9.47 Å². The maximum absolute atomic E-state index is 12.2. The second-order valence-electron chi connectivity index (χ2n) is 5.01. The molecule has 2 amide bonds. The van der Waals surface area contributed by atoms with E-state index >= 15 is 0 Å². The topological polar surface area (TPSA) is 114 Å². The summed E-state index contributed by atoms with van der Waals surface area (Å²) in [6.07, 6.45) is 0. The van der Waals surface area contributed by atoms with Gasteiger partial charge in [0.05, 0.1) is 24.8 Å². The highest BCUT2D eigenvalue weighted by atomic mass is 32.2. The van der Waals surface area contributed by atoms with Crippen molar-refractivity contribution in [3.63, 3.8) is 0 Å². The van der Waals surface area contributed by atoms with Crippen LogP contribution in [0.1, 0.15) is 13.8 Å². The Labute approximate surface area is 153 Å². The predicted molar refractivity (Wildman–Crippen MR) is 95.8 cm³/mol. The Bertz CT molecular complexity index is 649. The molecule has 0 fully saturated rings. The number of nitrogens with one attached hydrogen (secondary N) is 3. The summed E-state index contributed by atoms with van der Waals surface area (Å²) in [6, 6.07) is -0.751. The molecule has 1 aromatic heterocycles. The van der Waals surface area contributed by atoms with E-state index < -0.39 is 12.0 Å². The van der Waals surface area contributed by atoms with Crippen LogP contribution in [0.2, 0.25) is 0 Å². The fourth-order valence-corrected chi connectivity index (χ4v) is 3.87. The molecule has 9 nitrogen and oxygen atoms in total. The van der Waals surface area contributed by atoms with E-state index in [1.54, 1.807) is 21.0 Å². The lowest BCUT2D eigenvalue weighted by Gasteiger charge is -2.26. The number of nitrogens with zero attached hydrogens (tertiary/aromatic N) is 2. The number of amides is 2. The largest absolute Gasteiger partial charge is 0.463 e. The molecule has 2 heterocycles. The minimum absolute atomic E-state index is 0.274. The summed E-state index contributed by atoms with van der Waals surface area (Å²) in [7, 11) is 1.63. The number of carbonyl (C=O) groups excluding carboxylic acids is 2. The van der Waals surface area contributed by atoms with E-state index in [0.29, 0.717) is 35.3 Å². The van der Waals surface area contributed by atoms with Crippen molar-refractivity contribution in [1.82, 2.24) is 20.8 Å². The van der Waals surface area contributed by atoms with Crippen molar-refractivity contribution in [3.05, 3.63) is 11.3 Å². The van der Waals surface area contributed by atoms with Crippen molar-refractivity contribution in [1.29, 1.82) is 0 Å². The quantitative estimate of drug-likeness (QED) is 0.329. The summed E-state index contributed by atoms with van der Waals surface area (Å²) in [6.45, 7) is 4.99. The van der Waals surface area contributed by atoms with E-state index in [9.17, 15) is 9.59 Å². The molecule has 0 saturated carbocycles. The smallest absolute Gasteiger partial charge is 0.337 e. The average molecular weight is 387 g/mol. The number of anilines is 1. The molecule has 0 aliphatic carbocycles. The molecule has 0 spiro atoms. The van der Waals surface area contributed by atoms with Crippen LogP contribution in [0.4, 0.5) is 9.93 Å². The number of esters is 1. The summed E-state index contributed by atoms with van der Waals surface area (Å²) in [5, 5.41) is 17.3. The van der Waals surface area contributed by atoms with E-state index in [2.05, 4.69) is 26.1 Å². The standard InChI is InChI=1S/C14H21N5O4S2/c1-4-23-11(20)10-8(2)16-12(21)17-9(10)7-24-14-19-18-13(25-14)15-5-6-22-3/h8H,4-7H2,1-3H3,(H,15,18)(H2,16,17,21). The second kappa shape index (κ2) is 9.59. The summed E-state index contributed by atoms with van der Waals surface area (Å²) in [4.78, 5) is 23.9. The Hall–Kier alpha value is -1.85. The van der Waals surface area contributed by atoms with Crippen molar-refractivity contribution in [2.45, 2.75) is 24.2 Å². The molecule has 0 radical (unpaired) electrons. The molecule has 3 N–H and O–H groups in total. The first-order chi connectivity index (χ1) is 12.0. The Balaban J connectivity index is 2.03. The van der Waals surface area contributed by atoms with Gasteiger partial charge in [-0.2, -0.15) is 0 Å². The first-order valence-corrected chi connectivity index (χ1v) is 9.52. The van der Waals surface area contributed by atoms with Crippen LogP contribution < -0.4 is 16.0 Å². The van der Waals surface area contributed by atoms with Gasteiger partial charge in [0, 0.05) is 25.1 Å². The third kappa shape index (κ3) is 5.58. The van der Waals surface area contributed by atoms with Crippen LogP contribution in [0.3, 0.4) is 0 Å². The maximum atomic E-state index is 12.2. The van der Waals surface area contributed by atoms with Gasteiger partial charge in [-0.05, 0) is 13.8 Å². The van der Waals surface area contributed by atoms with Crippen molar-refractivity contribution >= 4 is 40.2 Å². The van der Waals surface area contributed by atoms with Crippen molar-refractivity contribution < 1.29 is 19.1 Å². The Morgan fingerprint density at radius 3 is 2.96 bits per heavy atom. The van der Waals surface area contributed by atoms with Crippen LogP contribution in [-0.2, 0) is 14.3 Å². The minimum atomic E-state index is -0.433. The van der Waals surface area contributed by atoms with Crippen LogP contribution in [0.25, 0.3) is 0 Å². The van der Waals surface area contributed by atoms with Crippen LogP contribution >= 0.6 is 23.1 Å². The van der Waals surface area contributed by atoms with Gasteiger partial charge in [0.2, 0.25) is 5.13 Å². The first-order valence-electron chi connectivity index (χ1n) is 7.72. The summed E-state index contributed by atoms with van der Waals surface area (Å²) in [5.41, 5.74) is 0.959. The van der Waals surface area contributed by atoms with Gasteiger partial charge in [-0.1, -0.05) is 23.1 Å². The summed E-state index contributed by atoms with van der Waals surface area (Å²) >= 11 is 2.80. The van der Waals surface area contributed by atoms with E-state index in [-0.39, 0.29) is 12.6 Å². The SMILES string of the molecule is CCOC(=O)C1=C(CSc2nnc(NCCOC)s2)NC(=O)NC1C. The Kier molecular flexibility index (Phi) is 7.47. The fourth-order valence-electron chi connectivity index (χ4n) is 2.13. The van der Waals surface area contributed by atoms with Crippen LogP contribution in [0, 0.1) is 0 Å². The number of methoxy groups -OCH3 is 1. The van der Waals surface area contributed by atoms with Gasteiger partial charge in [-0.15, -0.1) is 10.2 Å². The van der Waals surface area contributed by atoms with Crippen LogP contribution in [0.15, 0.2) is 15.6 Å². The van der Waals surface area contributed by atoms with Crippen molar-refractivity contribution in [3.8, 4) is 0 Å². The molecule has 25 heavy (non-hydrogen) atoms. The third-order valence-electron chi connectivity index (χ3n) is 3.19. The lowest BCUT2D eigenvalue weighted by molar-refractivity contribution is -0.138. The number of urea groups is 1. The third-order valence-corrected chi connectivity index (χ3v) is 5.24. The number of carbonyl (C=O) groups is 2. The molecule has 1 aliphatic rings. The monoisotopic (exact) mass is 387 g/mol. The normalized spacial score (nSPS) is 17.1. The van der Waals surface area contributed by atoms with Gasteiger partial charge < -0.3 is 25.4 Å². The molecule has 1 atom stereocenters. The van der Waals surface area contributed by atoms with E-state index in [0.717, 1.165) is 4.34 Å². The number of aromatic nitrogens is 2. The maximum Gasteiger partial charge on any atom is 0.337 e. The number of hydrogen-bond acceptors (Lipinski definition) is 9. The summed E-state index contributed by atoms with van der Waals surface area (Å²) < 4.78 is 10.8. The molecule has 0 saturated heterocycles. The zero-order valence-electron chi connectivity index (χ0n) is 14.2. The average Bonchev–Trinajstić information content (AvgIpc) is 3.00. The molecule has 1 aliphatic heterocycles. The van der Waals surface area contributed by atoms with Crippen molar-refractivity contribution in [2.75, 3.05) is 37.9 Å².